The molecule has 2 aliphatic rings. The van der Waals surface area contributed by atoms with Gasteiger partial charge in [0.2, 0.25) is 11.8 Å². The quantitative estimate of drug-likeness (QED) is 0.765. The van der Waals surface area contributed by atoms with Gasteiger partial charge < -0.3 is 16.8 Å². The number of carbonyl (C=O) groups excluding carboxylic acids is 2. The van der Waals surface area contributed by atoms with Gasteiger partial charge in [-0.05, 0) is 61.6 Å². The fourth-order valence-corrected chi connectivity index (χ4v) is 4.36. The van der Waals surface area contributed by atoms with E-state index in [9.17, 15) is 9.59 Å². The minimum absolute atomic E-state index is 0.108. The summed E-state index contributed by atoms with van der Waals surface area (Å²) in [4.78, 5) is 23.7. The molecule has 0 radical (unpaired) electrons. The van der Waals surface area contributed by atoms with E-state index in [1.54, 1.807) is 12.1 Å². The molecular weight excluding hydrogens is 302 g/mol. The third-order valence-corrected chi connectivity index (χ3v) is 5.71. The Bertz CT molecular complexity index is 602. The topological polar surface area (TPSA) is 98.2 Å². The number of primary amides is 1. The van der Waals surface area contributed by atoms with E-state index in [4.69, 9.17) is 11.5 Å². The van der Waals surface area contributed by atoms with Crippen molar-refractivity contribution in [1.82, 2.24) is 5.32 Å². The molecule has 1 aromatic carbocycles. The van der Waals surface area contributed by atoms with Crippen molar-refractivity contribution in [3.8, 4) is 0 Å². The van der Waals surface area contributed by atoms with E-state index in [0.717, 1.165) is 18.4 Å². The Morgan fingerprint density at radius 2 is 1.88 bits per heavy atom. The lowest BCUT2D eigenvalue weighted by Gasteiger charge is -2.43. The number of hydrogen-bond donors (Lipinski definition) is 3. The van der Waals surface area contributed by atoms with Gasteiger partial charge in [0.15, 0.2) is 0 Å². The van der Waals surface area contributed by atoms with Crippen LogP contribution < -0.4 is 16.8 Å². The number of nitrogens with two attached hydrogens (primary N) is 2. The highest BCUT2D eigenvalue weighted by Gasteiger charge is 2.40. The van der Waals surface area contributed by atoms with Crippen LogP contribution in [-0.4, -0.2) is 24.4 Å². The first-order valence-electron chi connectivity index (χ1n) is 8.96. The summed E-state index contributed by atoms with van der Waals surface area (Å²) >= 11 is 0. The summed E-state index contributed by atoms with van der Waals surface area (Å²) in [6.07, 6.45) is 6.16. The average molecular weight is 329 g/mol. The zero-order valence-electron chi connectivity index (χ0n) is 14.0. The van der Waals surface area contributed by atoms with Crippen molar-refractivity contribution in [3.63, 3.8) is 0 Å². The van der Waals surface area contributed by atoms with Gasteiger partial charge in [-0.2, -0.15) is 0 Å². The molecule has 5 N–H and O–H groups in total. The maximum atomic E-state index is 12.5. The van der Waals surface area contributed by atoms with Gasteiger partial charge in [-0.1, -0.05) is 18.6 Å². The zero-order chi connectivity index (χ0) is 17.1. The molecule has 0 aromatic heterocycles. The largest absolute Gasteiger partial charge is 0.366 e. The van der Waals surface area contributed by atoms with Crippen LogP contribution in [-0.2, 0) is 11.2 Å². The van der Waals surface area contributed by atoms with E-state index in [1.165, 1.54) is 19.3 Å². The Morgan fingerprint density at radius 1 is 1.17 bits per heavy atom. The predicted molar refractivity (Wildman–Crippen MR) is 93.2 cm³/mol. The molecular formula is C19H27N3O2. The molecule has 2 atom stereocenters. The first-order chi connectivity index (χ1) is 11.5. The van der Waals surface area contributed by atoms with E-state index in [2.05, 4.69) is 5.32 Å². The van der Waals surface area contributed by atoms with Gasteiger partial charge in [-0.25, -0.2) is 0 Å². The van der Waals surface area contributed by atoms with E-state index in [1.807, 2.05) is 12.1 Å². The van der Waals surface area contributed by atoms with E-state index in [-0.39, 0.29) is 11.8 Å². The predicted octanol–water partition coefficient (Wildman–Crippen LogP) is 1.60. The Labute approximate surface area is 143 Å². The monoisotopic (exact) mass is 329 g/mol. The normalized spacial score (nSPS) is 29.0. The van der Waals surface area contributed by atoms with Crippen molar-refractivity contribution in [2.75, 3.05) is 6.54 Å². The molecule has 2 aliphatic carbocycles. The molecule has 2 fully saturated rings. The van der Waals surface area contributed by atoms with Gasteiger partial charge in [0.05, 0.1) is 0 Å². The number of benzene rings is 1. The summed E-state index contributed by atoms with van der Waals surface area (Å²) in [7, 11) is 0. The molecule has 5 nitrogen and oxygen atoms in total. The number of amides is 2. The molecule has 5 heteroatoms. The fourth-order valence-electron chi connectivity index (χ4n) is 4.36. The average Bonchev–Trinajstić information content (AvgIpc) is 2.54. The Hall–Kier alpha value is -1.88. The number of fused-ring (bicyclic) bond motifs is 2. The second kappa shape index (κ2) is 7.34. The first-order valence-corrected chi connectivity index (χ1v) is 8.96. The Morgan fingerprint density at radius 3 is 2.54 bits per heavy atom. The second-order valence-electron chi connectivity index (χ2n) is 7.30. The molecule has 1 aromatic rings. The lowest BCUT2D eigenvalue weighted by atomic mass is 9.65. The van der Waals surface area contributed by atoms with E-state index in [0.29, 0.717) is 36.4 Å². The standard InChI is InChI=1S/C19H27N3O2/c20-17-13-4-2-5-14(17)11-16(10-13)19(24)22-8-7-12-3-1-6-15(9-12)18(21)23/h1,3,6,9,13-14,16-17H,2,4-5,7-8,10-11,20H2,(H2,21,23)(H,22,24). The van der Waals surface area contributed by atoms with Crippen LogP contribution in [0.2, 0.25) is 0 Å². The van der Waals surface area contributed by atoms with Crippen LogP contribution in [0.25, 0.3) is 0 Å². The zero-order valence-corrected chi connectivity index (χ0v) is 14.0. The summed E-state index contributed by atoms with van der Waals surface area (Å²) in [6, 6.07) is 7.55. The third kappa shape index (κ3) is 3.78. The smallest absolute Gasteiger partial charge is 0.248 e. The van der Waals surface area contributed by atoms with E-state index >= 15 is 0 Å². The fraction of sp³-hybridized carbons (Fsp3) is 0.579. The minimum Gasteiger partial charge on any atom is -0.366 e. The molecule has 0 saturated heterocycles. The van der Waals surface area contributed by atoms with Crippen LogP contribution in [0.5, 0.6) is 0 Å². The number of nitrogens with one attached hydrogen (secondary N) is 1. The van der Waals surface area contributed by atoms with Crippen molar-refractivity contribution in [1.29, 1.82) is 0 Å². The summed E-state index contributed by atoms with van der Waals surface area (Å²) in [5, 5.41) is 3.06. The van der Waals surface area contributed by atoms with Crippen LogP contribution >= 0.6 is 0 Å². The van der Waals surface area contributed by atoms with Crippen LogP contribution in [0, 0.1) is 17.8 Å². The van der Waals surface area contributed by atoms with Gasteiger partial charge in [0.1, 0.15) is 0 Å². The van der Waals surface area contributed by atoms with Gasteiger partial charge in [0, 0.05) is 24.1 Å². The maximum absolute atomic E-state index is 12.5. The molecule has 0 heterocycles. The van der Waals surface area contributed by atoms with Crippen LogP contribution in [0.4, 0.5) is 0 Å². The number of rotatable bonds is 5. The molecule has 2 unspecified atom stereocenters. The minimum atomic E-state index is -0.425. The SMILES string of the molecule is NC(=O)c1cccc(CCNC(=O)C2CC3CCCC(C2)C3N)c1. The van der Waals surface area contributed by atoms with Gasteiger partial charge in [-0.15, -0.1) is 0 Å². The molecule has 0 spiro atoms. The maximum Gasteiger partial charge on any atom is 0.248 e. The summed E-state index contributed by atoms with van der Waals surface area (Å²) in [5.41, 5.74) is 13.1. The molecule has 24 heavy (non-hydrogen) atoms. The third-order valence-electron chi connectivity index (χ3n) is 5.71. The number of hydrogen-bond acceptors (Lipinski definition) is 3. The Balaban J connectivity index is 1.49. The highest BCUT2D eigenvalue weighted by atomic mass is 16.2. The van der Waals surface area contributed by atoms with Crippen molar-refractivity contribution in [3.05, 3.63) is 35.4 Å². The van der Waals surface area contributed by atoms with Crippen LogP contribution in [0.3, 0.4) is 0 Å². The van der Waals surface area contributed by atoms with Gasteiger partial charge in [-0.3, -0.25) is 9.59 Å². The van der Waals surface area contributed by atoms with Crippen molar-refractivity contribution < 1.29 is 9.59 Å². The second-order valence-corrected chi connectivity index (χ2v) is 7.30. The first kappa shape index (κ1) is 17.0. The van der Waals surface area contributed by atoms with Crippen LogP contribution in [0.15, 0.2) is 24.3 Å². The summed E-state index contributed by atoms with van der Waals surface area (Å²) in [6.45, 7) is 0.582. The summed E-state index contributed by atoms with van der Waals surface area (Å²) < 4.78 is 0. The lowest BCUT2D eigenvalue weighted by molar-refractivity contribution is -0.127. The van der Waals surface area contributed by atoms with Gasteiger partial charge in [0.25, 0.3) is 0 Å². The lowest BCUT2D eigenvalue weighted by Crippen LogP contribution is -2.49. The van der Waals surface area contributed by atoms with Crippen molar-refractivity contribution >= 4 is 11.8 Å². The van der Waals surface area contributed by atoms with Crippen LogP contribution in [0.1, 0.15) is 48.0 Å². The van der Waals surface area contributed by atoms with E-state index < -0.39 is 5.91 Å². The summed E-state index contributed by atoms with van der Waals surface area (Å²) in [5.74, 6) is 0.869. The molecule has 130 valence electrons. The molecule has 3 rings (SSSR count). The molecule has 2 amide bonds. The van der Waals surface area contributed by atoms with Gasteiger partial charge >= 0.3 is 0 Å². The highest BCUT2D eigenvalue weighted by Crippen LogP contribution is 2.41. The molecule has 0 aliphatic heterocycles. The molecule has 2 bridgehead atoms. The van der Waals surface area contributed by atoms with Crippen molar-refractivity contribution in [2.45, 2.75) is 44.6 Å². The Kier molecular flexibility index (Phi) is 5.19. The van der Waals surface area contributed by atoms with Crippen molar-refractivity contribution in [2.24, 2.45) is 29.2 Å². The highest BCUT2D eigenvalue weighted by molar-refractivity contribution is 5.92. The number of carbonyl (C=O) groups is 2. The molecule has 2 saturated carbocycles.